The maximum Gasteiger partial charge on any atom is 0.160 e. The van der Waals surface area contributed by atoms with E-state index in [0.717, 1.165) is 75.2 Å². The van der Waals surface area contributed by atoms with Crippen LogP contribution in [-0.2, 0) is 16.2 Å². The average molecular weight is 1450 g/mol. The first-order valence-electron chi connectivity index (χ1n) is 41.2. The Morgan fingerprint density at radius 3 is 1.84 bits per heavy atom. The summed E-state index contributed by atoms with van der Waals surface area (Å²) in [6.45, 7) is 14.5. The molecule has 0 saturated heterocycles. The summed E-state index contributed by atoms with van der Waals surface area (Å²) in [7, 11) is 0. The third-order valence-corrected chi connectivity index (χ3v) is 28.3. The van der Waals surface area contributed by atoms with E-state index in [9.17, 15) is 0 Å². The first-order chi connectivity index (χ1) is 55.3. The molecule has 542 valence electrons. The van der Waals surface area contributed by atoms with Crippen LogP contribution in [0.3, 0.4) is 0 Å². The molecule has 8 aliphatic rings. The molecule has 0 radical (unpaired) electrons. The lowest BCUT2D eigenvalue weighted by Crippen LogP contribution is -2.31. The fourth-order valence-electron chi connectivity index (χ4n) is 22.6. The SMILES string of the molecule is CC1(C)C2=CC(c3ccc4c(c3)c3ccccc3n4-c3cccc(-c4ccc5nc(-c6ccc(-n7c8c(c9c7=CCCC=9)C7C(C=C8)C7c7ccc8c(c7)C(C)(C)c7ccccc7-8)cc6)nc(-c6ccc(-n7c8ccccc8c8cc(-c9ccc%10c(c9)C(C)(C)C9C=CCCC%109)ccc87)cc6)c5c4)c3)CC=C2c2ccccc21. The molecular weight excluding hydrogens is 1370 g/mol. The van der Waals surface area contributed by atoms with Gasteiger partial charge in [-0.05, 0) is 264 Å². The molecule has 4 aromatic heterocycles. The van der Waals surface area contributed by atoms with Gasteiger partial charge in [-0.3, -0.25) is 0 Å². The van der Waals surface area contributed by atoms with Crippen LogP contribution in [0, 0.1) is 11.8 Å². The lowest BCUT2D eigenvalue weighted by molar-refractivity contribution is 0.347. The predicted octanol–water partition coefficient (Wildman–Crippen LogP) is 25.6. The first-order valence-corrected chi connectivity index (χ1v) is 41.2. The molecule has 0 N–H and O–H groups in total. The zero-order chi connectivity index (χ0) is 75.1. The van der Waals surface area contributed by atoms with Crippen LogP contribution in [0.1, 0.15) is 153 Å². The second-order valence-electron chi connectivity index (χ2n) is 35.2. The third-order valence-electron chi connectivity index (χ3n) is 28.3. The average Bonchev–Trinajstić information content (AvgIpc) is 1.52. The zero-order valence-electron chi connectivity index (χ0n) is 64.7. The minimum Gasteiger partial charge on any atom is -0.310 e. The second kappa shape index (κ2) is 23.8. The minimum absolute atomic E-state index is 0.0353. The Morgan fingerprint density at radius 2 is 1.04 bits per heavy atom. The van der Waals surface area contributed by atoms with Crippen LogP contribution >= 0.6 is 0 Å². The molecule has 113 heavy (non-hydrogen) atoms. The summed E-state index contributed by atoms with van der Waals surface area (Å²) < 4.78 is 7.46. The van der Waals surface area contributed by atoms with Crippen molar-refractivity contribution >= 4 is 78.3 Å². The lowest BCUT2D eigenvalue weighted by Gasteiger charge is -2.31. The van der Waals surface area contributed by atoms with Crippen molar-refractivity contribution in [2.24, 2.45) is 11.8 Å². The van der Waals surface area contributed by atoms with E-state index >= 15 is 0 Å². The molecule has 0 spiro atoms. The fraction of sp³-hybridized carbons (Fsp3) is 0.185. The first kappa shape index (κ1) is 65.3. The van der Waals surface area contributed by atoms with Gasteiger partial charge in [-0.2, -0.15) is 0 Å². The quantitative estimate of drug-likeness (QED) is 0.135. The van der Waals surface area contributed by atoms with Crippen molar-refractivity contribution in [1.29, 1.82) is 0 Å². The molecule has 6 unspecified atom stereocenters. The number of hydrogen-bond acceptors (Lipinski definition) is 2. The maximum atomic E-state index is 5.72. The largest absolute Gasteiger partial charge is 0.310 e. The van der Waals surface area contributed by atoms with E-state index in [-0.39, 0.29) is 22.2 Å². The van der Waals surface area contributed by atoms with Crippen LogP contribution in [0.15, 0.2) is 297 Å². The van der Waals surface area contributed by atoms with Gasteiger partial charge in [-0.15, -0.1) is 0 Å². The van der Waals surface area contributed by atoms with Crippen molar-refractivity contribution in [3.63, 3.8) is 0 Å². The van der Waals surface area contributed by atoms with E-state index in [4.69, 9.17) is 9.97 Å². The molecular formula is C108H85N5. The molecule has 16 aromatic rings. The van der Waals surface area contributed by atoms with Crippen molar-refractivity contribution < 1.29 is 0 Å². The molecule has 0 bridgehead atoms. The summed E-state index contributed by atoms with van der Waals surface area (Å²) in [5, 5.41) is 8.77. The van der Waals surface area contributed by atoms with Crippen LogP contribution in [0.2, 0.25) is 0 Å². The Balaban J connectivity index is 0.599. The van der Waals surface area contributed by atoms with E-state index in [1.807, 2.05) is 0 Å². The number of benzene rings is 12. The normalized spacial score (nSPS) is 20.5. The van der Waals surface area contributed by atoms with E-state index < -0.39 is 0 Å². The van der Waals surface area contributed by atoms with Gasteiger partial charge < -0.3 is 13.7 Å². The molecule has 1 saturated carbocycles. The topological polar surface area (TPSA) is 40.6 Å². The lowest BCUT2D eigenvalue weighted by atomic mass is 9.73. The third kappa shape index (κ3) is 9.46. The van der Waals surface area contributed by atoms with Gasteiger partial charge in [-0.25, -0.2) is 9.97 Å². The summed E-state index contributed by atoms with van der Waals surface area (Å²) in [6.07, 6.45) is 25.4. The Morgan fingerprint density at radius 1 is 0.407 bits per heavy atom. The van der Waals surface area contributed by atoms with Gasteiger partial charge in [0, 0.05) is 83.1 Å². The smallest absolute Gasteiger partial charge is 0.160 e. The second-order valence-corrected chi connectivity index (χ2v) is 35.2. The van der Waals surface area contributed by atoms with E-state index in [2.05, 4.69) is 365 Å². The molecule has 5 nitrogen and oxygen atoms in total. The van der Waals surface area contributed by atoms with Crippen LogP contribution in [0.4, 0.5) is 0 Å². The van der Waals surface area contributed by atoms with Crippen molar-refractivity contribution in [2.75, 3.05) is 0 Å². The van der Waals surface area contributed by atoms with Crippen LogP contribution in [-0.4, -0.2) is 23.7 Å². The molecule has 6 atom stereocenters. The summed E-state index contributed by atoms with van der Waals surface area (Å²) in [6, 6.07) is 99.2. The molecule has 8 aliphatic carbocycles. The van der Waals surface area contributed by atoms with Crippen molar-refractivity contribution in [1.82, 2.24) is 23.7 Å². The number of hydrogen-bond donors (Lipinski definition) is 0. The molecule has 1 fully saturated rings. The Kier molecular flexibility index (Phi) is 13.8. The maximum absolute atomic E-state index is 5.72. The van der Waals surface area contributed by atoms with Gasteiger partial charge in [0.1, 0.15) is 0 Å². The van der Waals surface area contributed by atoms with Gasteiger partial charge >= 0.3 is 0 Å². The van der Waals surface area contributed by atoms with Gasteiger partial charge in [0.2, 0.25) is 0 Å². The monoisotopic (exact) mass is 1450 g/mol. The van der Waals surface area contributed by atoms with Gasteiger partial charge in [0.25, 0.3) is 0 Å². The fourth-order valence-corrected chi connectivity index (χ4v) is 22.6. The molecule has 0 aliphatic heterocycles. The highest BCUT2D eigenvalue weighted by atomic mass is 15.0. The molecule has 24 rings (SSSR count). The van der Waals surface area contributed by atoms with Crippen LogP contribution < -0.4 is 10.6 Å². The standard InChI is InChI=1S/C108H85N5/c1-106(2)88-28-13-7-22-75(88)78-48-38-69(60-91(78)106)67-42-53-98-85(57-67)81-25-10-16-31-95(81)111(98)72-44-34-63(35-45-72)104-87-59-66(65-20-19-21-74(56-65)113-96-32-17-11-26-82(96)86-58-68(43-54-99(86)113)70-39-49-79-76-23-8-14-29-89(76)107(3,4)92(79)61-70)41-52-94(87)109-105(110-104)64-36-46-73(47-37-64)112-97-33-18-12-27-83(97)102-100(112)55-51-84-101(103(84)102)71-40-50-80-77-24-9-15-30-90(77)108(5,6)93(80)62-71/h8-11,13-17,19-21,23-38,40-62,70,75,84,88,101,103H,7,12,18,22,39H2,1-6H3. The van der Waals surface area contributed by atoms with Crippen molar-refractivity contribution in [3.8, 4) is 73.1 Å². The number of rotatable bonds is 9. The minimum atomic E-state index is -0.0423. The van der Waals surface area contributed by atoms with Crippen LogP contribution in [0.25, 0.3) is 151 Å². The Bertz CT molecular complexity index is 7150. The highest BCUT2D eigenvalue weighted by Crippen LogP contribution is 2.65. The van der Waals surface area contributed by atoms with Gasteiger partial charge in [0.05, 0.1) is 39.0 Å². The van der Waals surface area contributed by atoms with E-state index in [1.165, 1.54) is 151 Å². The molecule has 5 heteroatoms. The number of para-hydroxylation sites is 2. The predicted molar refractivity (Wildman–Crippen MR) is 469 cm³/mol. The number of nitrogens with zero attached hydrogens (tertiary/aromatic N) is 5. The number of aromatic nitrogens is 5. The highest BCUT2D eigenvalue weighted by Gasteiger charge is 2.54. The van der Waals surface area contributed by atoms with Crippen LogP contribution in [0.5, 0.6) is 0 Å². The summed E-state index contributed by atoms with van der Waals surface area (Å²) in [5.74, 6) is 3.51. The van der Waals surface area contributed by atoms with Gasteiger partial charge in [-0.1, -0.05) is 248 Å². The van der Waals surface area contributed by atoms with Gasteiger partial charge in [0.15, 0.2) is 5.82 Å². The molecule has 0 amide bonds. The Hall–Kier alpha value is -12.4. The van der Waals surface area contributed by atoms with E-state index in [1.54, 1.807) is 5.56 Å². The Labute approximate surface area is 659 Å². The molecule has 12 aromatic carbocycles. The number of allylic oxidation sites excluding steroid dienone is 7. The summed E-state index contributed by atoms with van der Waals surface area (Å²) in [4.78, 5) is 11.3. The summed E-state index contributed by atoms with van der Waals surface area (Å²) >= 11 is 0. The summed E-state index contributed by atoms with van der Waals surface area (Å²) in [5.41, 5.74) is 36.8. The molecule has 4 heterocycles. The zero-order valence-corrected chi connectivity index (χ0v) is 64.7. The van der Waals surface area contributed by atoms with Crippen molar-refractivity contribution in [2.45, 2.75) is 114 Å². The number of fused-ring (bicyclic) bond motifs is 21. The van der Waals surface area contributed by atoms with Crippen molar-refractivity contribution in [3.05, 3.63) is 363 Å². The highest BCUT2D eigenvalue weighted by molar-refractivity contribution is 6.12. The van der Waals surface area contributed by atoms with E-state index in [0.29, 0.717) is 35.4 Å².